The number of rotatable bonds is 6. The maximum absolute atomic E-state index is 2.53. The van der Waals surface area contributed by atoms with Crippen LogP contribution in [0, 0.1) is 41.4 Å². The summed E-state index contributed by atoms with van der Waals surface area (Å²) in [7, 11) is 0. The molecule has 0 spiro atoms. The Hall–Kier alpha value is -1.56. The van der Waals surface area contributed by atoms with E-state index in [1.807, 2.05) is 0 Å². The van der Waals surface area contributed by atoms with Crippen molar-refractivity contribution >= 4 is 0 Å². The van der Waals surface area contributed by atoms with Crippen LogP contribution in [0.4, 0.5) is 0 Å². The van der Waals surface area contributed by atoms with Gasteiger partial charge in [-0.1, -0.05) is 68.4 Å². The highest BCUT2D eigenvalue weighted by molar-refractivity contribution is 5.59. The fraction of sp³-hybridized carbons (Fsp3) is 0.538. The van der Waals surface area contributed by atoms with Gasteiger partial charge in [-0.05, 0) is 82.8 Å². The Morgan fingerprint density at radius 2 is 1.38 bits per heavy atom. The molecule has 6 aliphatic rings. The predicted molar refractivity (Wildman–Crippen MR) is 105 cm³/mol. The summed E-state index contributed by atoms with van der Waals surface area (Å²) in [6.07, 6.45) is 2.50. The van der Waals surface area contributed by atoms with Crippen molar-refractivity contribution in [1.82, 2.24) is 0 Å². The molecule has 132 valence electrons. The van der Waals surface area contributed by atoms with E-state index < -0.39 is 0 Å². The fourth-order valence-corrected chi connectivity index (χ4v) is 8.94. The first-order chi connectivity index (χ1) is 12.8. The minimum Gasteiger partial charge on any atom is -0.0648 e. The SMILES string of the molecule is CCC(CC(C)c1ccccc1)c1ccc(C23C4C5C6C4C2C6C53)cc1. The first-order valence-corrected chi connectivity index (χ1v) is 10.9. The van der Waals surface area contributed by atoms with E-state index in [0.29, 0.717) is 17.3 Å². The molecule has 0 N–H and O–H groups in total. The lowest BCUT2D eigenvalue weighted by Crippen LogP contribution is -3.06. The van der Waals surface area contributed by atoms with Gasteiger partial charge in [0, 0.05) is 5.41 Å². The molecule has 8 rings (SSSR count). The smallest absolute Gasteiger partial charge is 0.00548 e. The average Bonchev–Trinajstić information content (AvgIpc) is 2.73. The van der Waals surface area contributed by atoms with E-state index in [2.05, 4.69) is 68.4 Å². The molecule has 0 heterocycles. The second-order valence-corrected chi connectivity index (χ2v) is 10.1. The lowest BCUT2D eigenvalue weighted by molar-refractivity contribution is -0.581. The first-order valence-electron chi connectivity index (χ1n) is 10.9. The van der Waals surface area contributed by atoms with E-state index in [1.54, 1.807) is 11.1 Å². The van der Waals surface area contributed by atoms with Crippen LogP contribution < -0.4 is 0 Å². The minimum absolute atomic E-state index is 0.630. The van der Waals surface area contributed by atoms with Crippen molar-refractivity contribution in [3.8, 4) is 0 Å². The minimum atomic E-state index is 0.630. The van der Waals surface area contributed by atoms with E-state index in [-0.39, 0.29) is 0 Å². The van der Waals surface area contributed by atoms with Gasteiger partial charge in [-0.15, -0.1) is 0 Å². The number of benzene rings is 2. The van der Waals surface area contributed by atoms with Gasteiger partial charge >= 0.3 is 0 Å². The van der Waals surface area contributed by atoms with Crippen molar-refractivity contribution < 1.29 is 0 Å². The summed E-state index contributed by atoms with van der Waals surface area (Å²) in [5, 5.41) is 0. The Morgan fingerprint density at radius 1 is 0.769 bits per heavy atom. The zero-order valence-corrected chi connectivity index (χ0v) is 15.8. The van der Waals surface area contributed by atoms with Crippen LogP contribution in [0.25, 0.3) is 0 Å². The van der Waals surface area contributed by atoms with Gasteiger partial charge < -0.3 is 0 Å². The first kappa shape index (κ1) is 14.5. The standard InChI is InChI=1S/C26H28/c1-3-15(13-14(2)16-7-5-4-6-8-16)17-9-11-18(12-10-17)26-23-20-19-21(23)25(26)22(19)24(20)26/h4-12,14-15,19-25H,3,13H2,1-2H3. The summed E-state index contributed by atoms with van der Waals surface area (Å²) >= 11 is 0. The van der Waals surface area contributed by atoms with Crippen molar-refractivity contribution in [1.29, 1.82) is 0 Å². The third-order valence-electron chi connectivity index (χ3n) is 9.86. The van der Waals surface area contributed by atoms with Gasteiger partial charge in [0.1, 0.15) is 0 Å². The maximum Gasteiger partial charge on any atom is 0.00548 e. The molecule has 0 heteroatoms. The van der Waals surface area contributed by atoms with E-state index in [1.165, 1.54) is 42.1 Å². The highest BCUT2D eigenvalue weighted by Crippen LogP contribution is 3.05. The van der Waals surface area contributed by atoms with Crippen LogP contribution in [-0.4, -0.2) is 0 Å². The quantitative estimate of drug-likeness (QED) is 0.605. The van der Waals surface area contributed by atoms with E-state index in [9.17, 15) is 0 Å². The molecular formula is C26H28. The average molecular weight is 341 g/mol. The van der Waals surface area contributed by atoms with Crippen molar-refractivity contribution in [3.05, 3.63) is 71.3 Å². The Kier molecular flexibility index (Phi) is 2.49. The summed E-state index contributed by atoms with van der Waals surface area (Å²) in [6, 6.07) is 21.1. The summed E-state index contributed by atoms with van der Waals surface area (Å²) in [4.78, 5) is 0. The van der Waals surface area contributed by atoms with Crippen LogP contribution in [0.2, 0.25) is 0 Å². The van der Waals surface area contributed by atoms with Gasteiger partial charge in [0.15, 0.2) is 0 Å². The summed E-state index contributed by atoms with van der Waals surface area (Å²) in [5.41, 5.74) is 5.46. The van der Waals surface area contributed by atoms with Gasteiger partial charge in [-0.25, -0.2) is 0 Å². The number of hydrogen-bond donors (Lipinski definition) is 0. The maximum atomic E-state index is 2.53. The fourth-order valence-electron chi connectivity index (χ4n) is 8.94. The zero-order valence-electron chi connectivity index (χ0n) is 15.8. The lowest BCUT2D eigenvalue weighted by atomic mass is 8.96. The third kappa shape index (κ3) is 1.26. The molecule has 0 aliphatic heterocycles. The molecule has 2 aromatic rings. The Bertz CT molecular complexity index is 825. The zero-order chi connectivity index (χ0) is 17.2. The molecule has 6 fully saturated rings. The van der Waals surface area contributed by atoms with E-state index >= 15 is 0 Å². The Morgan fingerprint density at radius 3 is 1.96 bits per heavy atom. The molecule has 0 bridgehead atoms. The molecular weight excluding hydrogens is 312 g/mol. The molecule has 6 aliphatic carbocycles. The predicted octanol–water partition coefficient (Wildman–Crippen LogP) is 5.99. The van der Waals surface area contributed by atoms with Crippen LogP contribution >= 0.6 is 0 Å². The topological polar surface area (TPSA) is 0 Å². The molecule has 0 saturated heterocycles. The number of hydrogen-bond acceptors (Lipinski definition) is 0. The van der Waals surface area contributed by atoms with Crippen molar-refractivity contribution in [3.63, 3.8) is 0 Å². The monoisotopic (exact) mass is 340 g/mol. The molecule has 6 saturated carbocycles. The second-order valence-electron chi connectivity index (χ2n) is 10.1. The molecule has 0 radical (unpaired) electrons. The van der Waals surface area contributed by atoms with Gasteiger partial charge in [0.05, 0.1) is 0 Å². The highest BCUT2D eigenvalue weighted by Gasteiger charge is 3.04. The van der Waals surface area contributed by atoms with Gasteiger partial charge in [0.2, 0.25) is 0 Å². The summed E-state index contributed by atoms with van der Waals surface area (Å²) in [6.45, 7) is 4.75. The van der Waals surface area contributed by atoms with Crippen molar-refractivity contribution in [2.45, 2.75) is 43.9 Å². The van der Waals surface area contributed by atoms with Crippen LogP contribution in [0.5, 0.6) is 0 Å². The molecule has 0 amide bonds. The van der Waals surface area contributed by atoms with Crippen LogP contribution in [0.1, 0.15) is 55.2 Å². The Balaban J connectivity index is 1.11. The second kappa shape index (κ2) is 4.46. The van der Waals surface area contributed by atoms with Crippen LogP contribution in [-0.2, 0) is 5.41 Å². The summed E-state index contributed by atoms with van der Waals surface area (Å²) < 4.78 is 0. The van der Waals surface area contributed by atoms with Gasteiger partial charge in [0.25, 0.3) is 0 Å². The molecule has 2 atom stereocenters. The third-order valence-corrected chi connectivity index (χ3v) is 9.86. The molecule has 26 heavy (non-hydrogen) atoms. The van der Waals surface area contributed by atoms with E-state index in [0.717, 1.165) is 17.8 Å². The largest absolute Gasteiger partial charge is 0.0648 e. The lowest BCUT2D eigenvalue weighted by Gasteiger charge is -3.08. The normalized spacial score (nSPS) is 46.6. The molecule has 0 aromatic heterocycles. The van der Waals surface area contributed by atoms with E-state index in [4.69, 9.17) is 0 Å². The van der Waals surface area contributed by atoms with Crippen LogP contribution in [0.15, 0.2) is 54.6 Å². The summed E-state index contributed by atoms with van der Waals surface area (Å²) in [5.74, 6) is 9.46. The van der Waals surface area contributed by atoms with Gasteiger partial charge in [-0.2, -0.15) is 0 Å². The van der Waals surface area contributed by atoms with Gasteiger partial charge in [-0.3, -0.25) is 0 Å². The highest BCUT2D eigenvalue weighted by atomic mass is 15.1. The van der Waals surface area contributed by atoms with Crippen molar-refractivity contribution in [2.75, 3.05) is 0 Å². The Labute approximate surface area is 157 Å². The molecule has 2 aromatic carbocycles. The molecule has 0 nitrogen and oxygen atoms in total. The van der Waals surface area contributed by atoms with Crippen molar-refractivity contribution in [2.24, 2.45) is 41.4 Å². The molecule has 2 unspecified atom stereocenters. The van der Waals surface area contributed by atoms with Crippen LogP contribution in [0.3, 0.4) is 0 Å².